The molecule has 0 atom stereocenters. The minimum absolute atomic E-state index is 0. The highest BCUT2D eigenvalue weighted by Crippen LogP contribution is 2.41. The Morgan fingerprint density at radius 1 is 1.22 bits per heavy atom. The average molecular weight is 390 g/mol. The maximum atomic E-state index is 12.7. The summed E-state index contributed by atoms with van der Waals surface area (Å²) in [6.45, 7) is 1.74. The number of halogens is 5. The van der Waals surface area contributed by atoms with E-state index in [-0.39, 0.29) is 56.0 Å². The summed E-state index contributed by atoms with van der Waals surface area (Å²) in [7, 11) is 0. The first kappa shape index (κ1) is 22.3. The van der Waals surface area contributed by atoms with Gasteiger partial charge in [-0.2, -0.15) is 0 Å². The highest BCUT2D eigenvalue weighted by molar-refractivity contribution is 5.86. The van der Waals surface area contributed by atoms with Gasteiger partial charge in [-0.3, -0.25) is 0 Å². The molecule has 1 saturated carbocycles. The van der Waals surface area contributed by atoms with E-state index in [9.17, 15) is 8.78 Å². The number of alkyl halides is 2. The average Bonchev–Trinajstić information content (AvgIpc) is 2.78. The first-order valence-electron chi connectivity index (χ1n) is 6.81. The smallest absolute Gasteiger partial charge is 0.248 e. The summed E-state index contributed by atoms with van der Waals surface area (Å²) < 4.78 is 27.3. The quantitative estimate of drug-likeness (QED) is 0.826. The maximum Gasteiger partial charge on any atom is 0.248 e. The van der Waals surface area contributed by atoms with Crippen molar-refractivity contribution in [2.45, 2.75) is 31.9 Å². The van der Waals surface area contributed by atoms with Crippen LogP contribution in [0.25, 0.3) is 5.65 Å². The van der Waals surface area contributed by atoms with Gasteiger partial charge in [-0.1, -0.05) is 6.07 Å². The Labute approximate surface area is 152 Å². The Kier molecular flexibility index (Phi) is 8.73. The van der Waals surface area contributed by atoms with Crippen molar-refractivity contribution >= 4 is 42.9 Å². The zero-order valence-corrected chi connectivity index (χ0v) is 14.8. The molecule has 23 heavy (non-hydrogen) atoms. The van der Waals surface area contributed by atoms with Crippen molar-refractivity contribution in [2.24, 2.45) is 11.7 Å². The normalized spacial score (nSPS) is 16.0. The second-order valence-corrected chi connectivity index (χ2v) is 5.50. The van der Waals surface area contributed by atoms with E-state index in [2.05, 4.69) is 10.3 Å². The van der Waals surface area contributed by atoms with Gasteiger partial charge >= 0.3 is 0 Å². The third kappa shape index (κ3) is 5.43. The molecule has 2 aromatic heterocycles. The molecular formula is C14H21Cl3F2N4. The third-order valence-corrected chi connectivity index (χ3v) is 3.71. The van der Waals surface area contributed by atoms with Gasteiger partial charge < -0.3 is 15.5 Å². The van der Waals surface area contributed by atoms with Crippen molar-refractivity contribution in [1.82, 2.24) is 14.7 Å². The number of imidazole rings is 1. The van der Waals surface area contributed by atoms with Gasteiger partial charge in [0, 0.05) is 38.3 Å². The number of nitrogens with two attached hydrogens (primary N) is 1. The predicted molar refractivity (Wildman–Crippen MR) is 94.2 cm³/mol. The van der Waals surface area contributed by atoms with Crippen LogP contribution in [-0.4, -0.2) is 21.9 Å². The van der Waals surface area contributed by atoms with E-state index in [4.69, 9.17) is 5.73 Å². The Balaban J connectivity index is 0.00000161. The Hall–Kier alpha value is -0.660. The van der Waals surface area contributed by atoms with Gasteiger partial charge in [0.1, 0.15) is 5.65 Å². The molecule has 2 heterocycles. The number of fused-ring (bicyclic) bond motifs is 1. The topological polar surface area (TPSA) is 55.4 Å². The molecule has 0 bridgehead atoms. The molecule has 4 nitrogen and oxygen atoms in total. The van der Waals surface area contributed by atoms with Crippen LogP contribution >= 0.6 is 37.2 Å². The molecule has 3 N–H and O–H groups in total. The largest absolute Gasteiger partial charge is 0.325 e. The monoisotopic (exact) mass is 388 g/mol. The van der Waals surface area contributed by atoms with Crippen LogP contribution in [0.1, 0.15) is 24.1 Å². The lowest BCUT2D eigenvalue weighted by Gasteiger charge is -2.35. The zero-order valence-electron chi connectivity index (χ0n) is 12.4. The molecular weight excluding hydrogens is 369 g/mol. The van der Waals surface area contributed by atoms with Gasteiger partial charge in [0.2, 0.25) is 5.92 Å². The molecule has 132 valence electrons. The van der Waals surface area contributed by atoms with Crippen LogP contribution in [0.2, 0.25) is 0 Å². The minimum atomic E-state index is -2.43. The lowest BCUT2D eigenvalue weighted by molar-refractivity contribution is -0.109. The van der Waals surface area contributed by atoms with Crippen LogP contribution in [0.15, 0.2) is 24.5 Å². The van der Waals surface area contributed by atoms with E-state index in [1.807, 2.05) is 28.9 Å². The number of nitrogens with zero attached hydrogens (tertiary/aromatic N) is 2. The molecule has 0 amide bonds. The maximum absolute atomic E-state index is 12.7. The lowest BCUT2D eigenvalue weighted by Crippen LogP contribution is -2.40. The second kappa shape index (κ2) is 8.99. The van der Waals surface area contributed by atoms with Gasteiger partial charge in [-0.25, -0.2) is 13.8 Å². The lowest BCUT2D eigenvalue weighted by atomic mass is 9.81. The third-order valence-electron chi connectivity index (χ3n) is 3.71. The summed E-state index contributed by atoms with van der Waals surface area (Å²) in [6, 6.07) is 3.93. The SMILES string of the molecule is Cl.Cl.Cl.NCc1cn2cc(CNCC3CC(F)(F)C3)ccc2n1. The fourth-order valence-electron chi connectivity index (χ4n) is 2.64. The molecule has 2 aromatic rings. The van der Waals surface area contributed by atoms with Crippen molar-refractivity contribution < 1.29 is 8.78 Å². The van der Waals surface area contributed by atoms with Crippen molar-refractivity contribution in [3.8, 4) is 0 Å². The fourth-order valence-corrected chi connectivity index (χ4v) is 2.64. The van der Waals surface area contributed by atoms with Crippen LogP contribution < -0.4 is 11.1 Å². The van der Waals surface area contributed by atoms with Gasteiger partial charge in [0.15, 0.2) is 0 Å². The Morgan fingerprint density at radius 2 is 1.91 bits per heavy atom. The van der Waals surface area contributed by atoms with Crippen LogP contribution in [0.4, 0.5) is 8.78 Å². The molecule has 1 aliphatic rings. The highest BCUT2D eigenvalue weighted by Gasteiger charge is 2.44. The van der Waals surface area contributed by atoms with E-state index < -0.39 is 5.92 Å². The summed E-state index contributed by atoms with van der Waals surface area (Å²) in [5.74, 6) is -2.33. The number of nitrogens with one attached hydrogen (secondary N) is 1. The van der Waals surface area contributed by atoms with Crippen molar-refractivity contribution in [3.05, 3.63) is 35.8 Å². The van der Waals surface area contributed by atoms with E-state index in [0.717, 1.165) is 16.9 Å². The fraction of sp³-hybridized carbons (Fsp3) is 0.500. The van der Waals surface area contributed by atoms with Crippen molar-refractivity contribution in [3.63, 3.8) is 0 Å². The second-order valence-electron chi connectivity index (χ2n) is 5.50. The molecule has 1 fully saturated rings. The highest BCUT2D eigenvalue weighted by atomic mass is 35.5. The summed E-state index contributed by atoms with van der Waals surface area (Å²) in [6.07, 6.45) is 3.93. The van der Waals surface area contributed by atoms with E-state index in [1.54, 1.807) is 0 Å². The summed E-state index contributed by atoms with van der Waals surface area (Å²) in [5, 5.41) is 3.24. The van der Waals surface area contributed by atoms with Crippen LogP contribution in [0, 0.1) is 5.92 Å². The molecule has 9 heteroatoms. The molecule has 0 saturated heterocycles. The van der Waals surface area contributed by atoms with Crippen molar-refractivity contribution in [1.29, 1.82) is 0 Å². The molecule has 3 rings (SSSR count). The molecule has 0 aliphatic heterocycles. The molecule has 1 aliphatic carbocycles. The number of aromatic nitrogens is 2. The van der Waals surface area contributed by atoms with Crippen LogP contribution in [0.5, 0.6) is 0 Å². The number of pyridine rings is 1. The van der Waals surface area contributed by atoms with Crippen molar-refractivity contribution in [2.75, 3.05) is 6.54 Å². The first-order valence-corrected chi connectivity index (χ1v) is 6.81. The Morgan fingerprint density at radius 3 is 2.52 bits per heavy atom. The number of hydrogen-bond donors (Lipinski definition) is 2. The van der Waals surface area contributed by atoms with Gasteiger partial charge in [0.25, 0.3) is 0 Å². The molecule has 0 spiro atoms. The van der Waals surface area contributed by atoms with E-state index in [1.165, 1.54) is 0 Å². The summed E-state index contributed by atoms with van der Waals surface area (Å²) in [5.41, 5.74) is 8.38. The van der Waals surface area contributed by atoms with E-state index >= 15 is 0 Å². The van der Waals surface area contributed by atoms with E-state index in [0.29, 0.717) is 19.6 Å². The first-order chi connectivity index (χ1) is 9.55. The van der Waals surface area contributed by atoms with Crippen LogP contribution in [0.3, 0.4) is 0 Å². The molecule has 0 aromatic carbocycles. The Bertz CT molecular complexity index is 613. The van der Waals surface area contributed by atoms with Gasteiger partial charge in [-0.05, 0) is 24.1 Å². The van der Waals surface area contributed by atoms with Crippen LogP contribution in [-0.2, 0) is 13.1 Å². The zero-order chi connectivity index (χ0) is 14.2. The predicted octanol–water partition coefficient (Wildman–Crippen LogP) is 3.19. The number of rotatable bonds is 5. The van der Waals surface area contributed by atoms with Gasteiger partial charge in [0.05, 0.1) is 5.69 Å². The van der Waals surface area contributed by atoms with Gasteiger partial charge in [-0.15, -0.1) is 37.2 Å². The molecule has 0 radical (unpaired) electrons. The standard InChI is InChI=1S/C14H18F2N4.3ClH/c15-14(16)3-11(4-14)7-18-6-10-1-2-13-19-12(5-17)9-20(13)8-10;;;/h1-2,8-9,11,18H,3-7,17H2;3*1H. The summed E-state index contributed by atoms with van der Waals surface area (Å²) >= 11 is 0. The summed E-state index contributed by atoms with van der Waals surface area (Å²) in [4.78, 5) is 4.35. The minimum Gasteiger partial charge on any atom is -0.325 e. The molecule has 0 unspecified atom stereocenters. The number of hydrogen-bond acceptors (Lipinski definition) is 3.